The fourth-order valence-electron chi connectivity index (χ4n) is 2.50. The molecule has 0 aliphatic carbocycles. The molecule has 1 N–H and O–H groups in total. The second-order valence-corrected chi connectivity index (χ2v) is 5.88. The molecule has 0 unspecified atom stereocenters. The lowest BCUT2D eigenvalue weighted by atomic mass is 10.1. The molecule has 0 aromatic heterocycles. The standard InChI is InChI=1S/C19H30O3/c1-2-3-4-5-6-7-8-9-10-11-14-22-19-13-12-17(16-20)15-18(19)21/h12-13,15-16,21H,2-11,14H2,1H3. The second-order valence-electron chi connectivity index (χ2n) is 5.88. The lowest BCUT2D eigenvalue weighted by Gasteiger charge is -2.08. The van der Waals surface area contributed by atoms with Crippen LogP contribution in [0.25, 0.3) is 0 Å². The van der Waals surface area contributed by atoms with E-state index in [0.717, 1.165) is 6.42 Å². The predicted molar refractivity (Wildman–Crippen MR) is 90.8 cm³/mol. The van der Waals surface area contributed by atoms with E-state index in [9.17, 15) is 9.90 Å². The number of phenolic OH excluding ortho intramolecular Hbond substituents is 1. The summed E-state index contributed by atoms with van der Waals surface area (Å²) in [5.74, 6) is 0.498. The number of rotatable bonds is 13. The van der Waals surface area contributed by atoms with Gasteiger partial charge in [0.2, 0.25) is 0 Å². The van der Waals surface area contributed by atoms with Crippen LogP contribution in [-0.4, -0.2) is 18.0 Å². The Balaban J connectivity index is 1.98. The highest BCUT2D eigenvalue weighted by Crippen LogP contribution is 2.26. The number of benzene rings is 1. The van der Waals surface area contributed by atoms with Gasteiger partial charge in [-0.25, -0.2) is 0 Å². The highest BCUT2D eigenvalue weighted by molar-refractivity contribution is 5.76. The van der Waals surface area contributed by atoms with Crippen LogP contribution in [0.15, 0.2) is 18.2 Å². The van der Waals surface area contributed by atoms with Crippen LogP contribution in [0.3, 0.4) is 0 Å². The Morgan fingerprint density at radius 2 is 1.55 bits per heavy atom. The molecule has 124 valence electrons. The van der Waals surface area contributed by atoms with Crippen LogP contribution < -0.4 is 4.74 Å². The Morgan fingerprint density at radius 3 is 2.09 bits per heavy atom. The van der Waals surface area contributed by atoms with Crippen LogP contribution in [0.1, 0.15) is 81.5 Å². The van der Waals surface area contributed by atoms with Gasteiger partial charge >= 0.3 is 0 Å². The van der Waals surface area contributed by atoms with Crippen molar-refractivity contribution in [3.8, 4) is 11.5 Å². The van der Waals surface area contributed by atoms with Crippen molar-refractivity contribution in [1.29, 1.82) is 0 Å². The highest BCUT2D eigenvalue weighted by Gasteiger charge is 2.03. The van der Waals surface area contributed by atoms with Crippen molar-refractivity contribution in [2.75, 3.05) is 6.61 Å². The van der Waals surface area contributed by atoms with E-state index in [0.29, 0.717) is 24.2 Å². The molecule has 0 saturated carbocycles. The number of aromatic hydroxyl groups is 1. The van der Waals surface area contributed by atoms with Gasteiger partial charge in [0.15, 0.2) is 11.5 Å². The van der Waals surface area contributed by atoms with E-state index in [4.69, 9.17) is 4.74 Å². The molecular formula is C19H30O3. The summed E-state index contributed by atoms with van der Waals surface area (Å²) in [4.78, 5) is 10.6. The average Bonchev–Trinajstić information content (AvgIpc) is 2.53. The van der Waals surface area contributed by atoms with Crippen LogP contribution in [-0.2, 0) is 0 Å². The minimum Gasteiger partial charge on any atom is -0.504 e. The van der Waals surface area contributed by atoms with Gasteiger partial charge in [0.25, 0.3) is 0 Å². The van der Waals surface area contributed by atoms with Crippen LogP contribution in [0.2, 0.25) is 0 Å². The van der Waals surface area contributed by atoms with Gasteiger partial charge in [-0.05, 0) is 24.6 Å². The minimum atomic E-state index is 0.0386. The van der Waals surface area contributed by atoms with Crippen LogP contribution in [0.4, 0.5) is 0 Å². The Kier molecular flexibility index (Phi) is 10.2. The van der Waals surface area contributed by atoms with Gasteiger partial charge in [0, 0.05) is 5.56 Å². The predicted octanol–water partition coefficient (Wildman–Crippen LogP) is 5.50. The largest absolute Gasteiger partial charge is 0.504 e. The summed E-state index contributed by atoms with van der Waals surface area (Å²) in [6.45, 7) is 2.86. The fraction of sp³-hybridized carbons (Fsp3) is 0.632. The molecule has 0 bridgehead atoms. The first-order valence-corrected chi connectivity index (χ1v) is 8.69. The fourth-order valence-corrected chi connectivity index (χ4v) is 2.50. The number of ether oxygens (including phenoxy) is 1. The maximum atomic E-state index is 10.6. The van der Waals surface area contributed by atoms with E-state index in [2.05, 4.69) is 6.92 Å². The number of hydrogen-bond donors (Lipinski definition) is 1. The molecule has 3 nitrogen and oxygen atoms in total. The number of carbonyl (C=O) groups is 1. The lowest BCUT2D eigenvalue weighted by Crippen LogP contribution is -1.98. The molecular weight excluding hydrogens is 276 g/mol. The molecule has 0 radical (unpaired) electrons. The minimum absolute atomic E-state index is 0.0386. The molecule has 0 saturated heterocycles. The summed E-state index contributed by atoms with van der Waals surface area (Å²) in [5, 5.41) is 9.70. The molecule has 0 fully saturated rings. The van der Waals surface area contributed by atoms with Crippen molar-refractivity contribution < 1.29 is 14.6 Å². The van der Waals surface area contributed by atoms with Gasteiger partial charge in [-0.3, -0.25) is 4.79 Å². The number of unbranched alkanes of at least 4 members (excludes halogenated alkanes) is 9. The van der Waals surface area contributed by atoms with Crippen molar-refractivity contribution in [1.82, 2.24) is 0 Å². The highest BCUT2D eigenvalue weighted by atomic mass is 16.5. The Labute approximate surface area is 134 Å². The zero-order valence-electron chi connectivity index (χ0n) is 13.9. The van der Waals surface area contributed by atoms with Crippen LogP contribution in [0.5, 0.6) is 11.5 Å². The van der Waals surface area contributed by atoms with Crippen LogP contribution in [0, 0.1) is 0 Å². The molecule has 0 amide bonds. The maximum Gasteiger partial charge on any atom is 0.160 e. The monoisotopic (exact) mass is 306 g/mol. The molecule has 0 aliphatic rings. The topological polar surface area (TPSA) is 46.5 Å². The van der Waals surface area contributed by atoms with Gasteiger partial charge in [-0.15, -0.1) is 0 Å². The number of aldehydes is 1. The van der Waals surface area contributed by atoms with E-state index < -0.39 is 0 Å². The van der Waals surface area contributed by atoms with Gasteiger partial charge in [-0.2, -0.15) is 0 Å². The van der Waals surface area contributed by atoms with Crippen molar-refractivity contribution in [3.05, 3.63) is 23.8 Å². The third-order valence-corrected chi connectivity index (χ3v) is 3.87. The zero-order valence-corrected chi connectivity index (χ0v) is 13.9. The van der Waals surface area contributed by atoms with Gasteiger partial charge in [-0.1, -0.05) is 64.7 Å². The Morgan fingerprint density at radius 1 is 0.955 bits per heavy atom. The number of carbonyl (C=O) groups excluding carboxylic acids is 1. The molecule has 1 rings (SSSR count). The second kappa shape index (κ2) is 12.1. The van der Waals surface area contributed by atoms with Crippen molar-refractivity contribution in [2.45, 2.75) is 71.1 Å². The van der Waals surface area contributed by atoms with Crippen molar-refractivity contribution in [2.24, 2.45) is 0 Å². The summed E-state index contributed by atoms with van der Waals surface area (Å²) >= 11 is 0. The van der Waals surface area contributed by atoms with E-state index in [1.54, 1.807) is 12.1 Å². The van der Waals surface area contributed by atoms with E-state index in [-0.39, 0.29) is 5.75 Å². The van der Waals surface area contributed by atoms with Gasteiger partial charge in [0.05, 0.1) is 6.61 Å². The summed E-state index contributed by atoms with van der Waals surface area (Å²) in [7, 11) is 0. The summed E-state index contributed by atoms with van der Waals surface area (Å²) < 4.78 is 5.54. The Bertz CT molecular complexity index is 415. The summed E-state index contributed by atoms with van der Waals surface area (Å²) in [6.07, 6.45) is 13.6. The lowest BCUT2D eigenvalue weighted by molar-refractivity contribution is 0.112. The zero-order chi connectivity index (χ0) is 16.0. The number of hydrogen-bond acceptors (Lipinski definition) is 3. The van der Waals surface area contributed by atoms with E-state index >= 15 is 0 Å². The average molecular weight is 306 g/mol. The van der Waals surface area contributed by atoms with Crippen LogP contribution >= 0.6 is 0 Å². The molecule has 0 aliphatic heterocycles. The third kappa shape index (κ3) is 8.06. The van der Waals surface area contributed by atoms with Gasteiger partial charge < -0.3 is 9.84 Å². The smallest absolute Gasteiger partial charge is 0.160 e. The molecule has 3 heteroatoms. The van der Waals surface area contributed by atoms with Gasteiger partial charge in [0.1, 0.15) is 6.29 Å². The first kappa shape index (κ1) is 18.5. The van der Waals surface area contributed by atoms with Crippen molar-refractivity contribution in [3.63, 3.8) is 0 Å². The SMILES string of the molecule is CCCCCCCCCCCCOc1ccc(C=O)cc1O. The Hall–Kier alpha value is -1.51. The molecule has 22 heavy (non-hydrogen) atoms. The summed E-state index contributed by atoms with van der Waals surface area (Å²) in [6, 6.07) is 4.73. The maximum absolute atomic E-state index is 10.6. The first-order chi connectivity index (χ1) is 10.8. The molecule has 1 aromatic rings. The van der Waals surface area contributed by atoms with Crippen molar-refractivity contribution >= 4 is 6.29 Å². The van der Waals surface area contributed by atoms with E-state index in [1.807, 2.05) is 0 Å². The molecule has 0 heterocycles. The molecule has 0 atom stereocenters. The first-order valence-electron chi connectivity index (χ1n) is 8.69. The quantitative estimate of drug-likeness (QED) is 0.386. The molecule has 0 spiro atoms. The van der Waals surface area contributed by atoms with E-state index in [1.165, 1.54) is 63.9 Å². The number of phenols is 1. The summed E-state index contributed by atoms with van der Waals surface area (Å²) in [5.41, 5.74) is 0.462. The molecule has 1 aromatic carbocycles. The normalized spacial score (nSPS) is 10.6. The third-order valence-electron chi connectivity index (χ3n) is 3.87.